The van der Waals surface area contributed by atoms with Gasteiger partial charge in [-0.25, -0.2) is 4.79 Å². The predicted octanol–water partition coefficient (Wildman–Crippen LogP) is 0.725. The van der Waals surface area contributed by atoms with Gasteiger partial charge in [0.1, 0.15) is 6.04 Å². The fourth-order valence-electron chi connectivity index (χ4n) is 1.45. The molecular formula is C11H13N3O5. The van der Waals surface area contributed by atoms with Gasteiger partial charge in [-0.1, -0.05) is 6.07 Å². The Labute approximate surface area is 108 Å². The van der Waals surface area contributed by atoms with Gasteiger partial charge in [0.05, 0.1) is 4.92 Å². The molecule has 1 rings (SSSR count). The van der Waals surface area contributed by atoms with Gasteiger partial charge in [-0.15, -0.1) is 0 Å². The molecule has 0 fully saturated rings. The van der Waals surface area contributed by atoms with Crippen LogP contribution < -0.4 is 11.1 Å². The summed E-state index contributed by atoms with van der Waals surface area (Å²) in [5, 5.41) is 22.2. The molecule has 0 unspecified atom stereocenters. The topological polar surface area (TPSA) is 136 Å². The minimum atomic E-state index is -1.16. The number of carboxylic acid groups (broad SMARTS) is 1. The first kappa shape index (κ1) is 14.4. The Morgan fingerprint density at radius 3 is 2.68 bits per heavy atom. The van der Waals surface area contributed by atoms with Crippen LogP contribution in [0.15, 0.2) is 24.3 Å². The summed E-state index contributed by atoms with van der Waals surface area (Å²) in [6.07, 6.45) is -0.0771. The van der Waals surface area contributed by atoms with E-state index in [1.165, 1.54) is 24.3 Å². The van der Waals surface area contributed by atoms with Crippen molar-refractivity contribution in [3.05, 3.63) is 34.4 Å². The van der Waals surface area contributed by atoms with E-state index in [1.54, 1.807) is 0 Å². The molecule has 0 saturated heterocycles. The van der Waals surface area contributed by atoms with Crippen molar-refractivity contribution in [2.75, 3.05) is 5.32 Å². The number of aliphatic carboxylic acids is 1. The summed E-state index contributed by atoms with van der Waals surface area (Å²) in [6, 6.07) is 4.43. The van der Waals surface area contributed by atoms with Crippen LogP contribution in [0.5, 0.6) is 0 Å². The molecule has 1 aromatic carbocycles. The zero-order chi connectivity index (χ0) is 14.4. The Bertz CT molecular complexity index is 503. The van der Waals surface area contributed by atoms with Crippen molar-refractivity contribution in [3.8, 4) is 0 Å². The van der Waals surface area contributed by atoms with Gasteiger partial charge in [0.15, 0.2) is 0 Å². The van der Waals surface area contributed by atoms with Crippen molar-refractivity contribution < 1.29 is 19.6 Å². The summed E-state index contributed by atoms with van der Waals surface area (Å²) in [7, 11) is 0. The number of hydrogen-bond donors (Lipinski definition) is 3. The van der Waals surface area contributed by atoms with Gasteiger partial charge in [-0.05, 0) is 12.5 Å². The molecule has 0 aliphatic carbocycles. The normalized spacial score (nSPS) is 11.6. The lowest BCUT2D eigenvalue weighted by atomic mass is 10.1. The quantitative estimate of drug-likeness (QED) is 0.492. The van der Waals surface area contributed by atoms with Gasteiger partial charge in [-0.2, -0.15) is 0 Å². The number of nitro benzene ring substituents is 1. The van der Waals surface area contributed by atoms with Crippen molar-refractivity contribution >= 4 is 23.3 Å². The molecular weight excluding hydrogens is 254 g/mol. The van der Waals surface area contributed by atoms with E-state index < -0.39 is 22.8 Å². The third-order valence-corrected chi connectivity index (χ3v) is 2.38. The van der Waals surface area contributed by atoms with Gasteiger partial charge in [0, 0.05) is 24.2 Å². The molecule has 19 heavy (non-hydrogen) atoms. The van der Waals surface area contributed by atoms with Crippen molar-refractivity contribution in [2.45, 2.75) is 18.9 Å². The number of hydrogen-bond acceptors (Lipinski definition) is 5. The molecule has 0 heterocycles. The second kappa shape index (κ2) is 6.34. The number of nitrogens with zero attached hydrogens (tertiary/aromatic N) is 1. The highest BCUT2D eigenvalue weighted by Gasteiger charge is 2.18. The zero-order valence-electron chi connectivity index (χ0n) is 9.91. The molecule has 0 spiro atoms. The summed E-state index contributed by atoms with van der Waals surface area (Å²) in [5.41, 5.74) is 5.10. The number of carbonyl (C=O) groups is 2. The van der Waals surface area contributed by atoms with E-state index in [4.69, 9.17) is 10.8 Å². The van der Waals surface area contributed by atoms with E-state index >= 15 is 0 Å². The van der Waals surface area contributed by atoms with Crippen LogP contribution in [0.2, 0.25) is 0 Å². The monoisotopic (exact) mass is 267 g/mol. The van der Waals surface area contributed by atoms with Gasteiger partial charge in [0.25, 0.3) is 5.69 Å². The molecule has 8 heteroatoms. The number of amides is 1. The fourth-order valence-corrected chi connectivity index (χ4v) is 1.45. The maximum Gasteiger partial charge on any atom is 0.326 e. The second-order valence-electron chi connectivity index (χ2n) is 3.85. The average molecular weight is 267 g/mol. The number of non-ortho nitro benzene ring substituents is 1. The molecule has 1 atom stereocenters. The van der Waals surface area contributed by atoms with Crippen LogP contribution in [0.25, 0.3) is 0 Å². The lowest BCUT2D eigenvalue weighted by molar-refractivity contribution is -0.384. The Morgan fingerprint density at radius 1 is 1.47 bits per heavy atom. The van der Waals surface area contributed by atoms with Crippen molar-refractivity contribution in [1.82, 2.24) is 0 Å². The standard InChI is InChI=1S/C11H13N3O5/c12-10(15)5-4-9(11(16)17)13-7-2-1-3-8(6-7)14(18)19/h1-3,6,9,13H,4-5H2,(H2,12,15)(H,16,17)/t9-/m0/s1. The molecule has 8 nitrogen and oxygen atoms in total. The van der Waals surface area contributed by atoms with Gasteiger partial charge in [-0.3, -0.25) is 14.9 Å². The third kappa shape index (κ3) is 4.62. The number of nitro groups is 1. The number of anilines is 1. The average Bonchev–Trinajstić information content (AvgIpc) is 2.34. The maximum absolute atomic E-state index is 11.0. The lowest BCUT2D eigenvalue weighted by Gasteiger charge is -2.14. The number of nitrogens with two attached hydrogens (primary N) is 1. The van der Waals surface area contributed by atoms with Crippen molar-refractivity contribution in [1.29, 1.82) is 0 Å². The molecule has 4 N–H and O–H groups in total. The first-order chi connectivity index (χ1) is 8.90. The summed E-state index contributed by atoms with van der Waals surface area (Å²) >= 11 is 0. The van der Waals surface area contributed by atoms with Crippen molar-refractivity contribution in [3.63, 3.8) is 0 Å². The Balaban J connectivity index is 2.78. The molecule has 0 aliphatic rings. The van der Waals surface area contributed by atoms with Crippen LogP contribution in [0.3, 0.4) is 0 Å². The number of primary amides is 1. The molecule has 0 aromatic heterocycles. The number of nitrogens with one attached hydrogen (secondary N) is 1. The van der Waals surface area contributed by atoms with Crippen LogP contribution in [0, 0.1) is 10.1 Å². The van der Waals surface area contributed by atoms with E-state index in [0.29, 0.717) is 5.69 Å². The first-order valence-corrected chi connectivity index (χ1v) is 5.42. The second-order valence-corrected chi connectivity index (χ2v) is 3.85. The number of carbonyl (C=O) groups excluding carboxylic acids is 1. The third-order valence-electron chi connectivity index (χ3n) is 2.38. The highest BCUT2D eigenvalue weighted by Crippen LogP contribution is 2.18. The van der Waals surface area contributed by atoms with E-state index in [2.05, 4.69) is 5.32 Å². The Hall–Kier alpha value is -2.64. The van der Waals surface area contributed by atoms with E-state index in [1.807, 2.05) is 0 Å². The molecule has 0 bridgehead atoms. The van der Waals surface area contributed by atoms with Crippen LogP contribution >= 0.6 is 0 Å². The SMILES string of the molecule is NC(=O)CC[C@H](Nc1cccc([N+](=O)[O-])c1)C(=O)O. The smallest absolute Gasteiger partial charge is 0.326 e. The minimum Gasteiger partial charge on any atom is -0.480 e. The van der Waals surface area contributed by atoms with Crippen LogP contribution in [-0.4, -0.2) is 27.9 Å². The Kier molecular flexibility index (Phi) is 4.81. The number of rotatable bonds is 7. The van der Waals surface area contributed by atoms with E-state index in [-0.39, 0.29) is 18.5 Å². The van der Waals surface area contributed by atoms with Crippen LogP contribution in [-0.2, 0) is 9.59 Å². The molecule has 1 amide bonds. The summed E-state index contributed by atoms with van der Waals surface area (Å²) in [5.74, 6) is -1.76. The van der Waals surface area contributed by atoms with Gasteiger partial charge in [0.2, 0.25) is 5.91 Å². The zero-order valence-corrected chi connectivity index (χ0v) is 9.91. The molecule has 0 radical (unpaired) electrons. The van der Waals surface area contributed by atoms with E-state index in [9.17, 15) is 19.7 Å². The first-order valence-electron chi connectivity index (χ1n) is 5.42. The predicted molar refractivity (Wildman–Crippen MR) is 66.6 cm³/mol. The van der Waals surface area contributed by atoms with Gasteiger partial charge >= 0.3 is 5.97 Å². The number of benzene rings is 1. The highest BCUT2D eigenvalue weighted by atomic mass is 16.6. The highest BCUT2D eigenvalue weighted by molar-refractivity contribution is 5.79. The summed E-state index contributed by atoms with van der Waals surface area (Å²) in [4.78, 5) is 31.6. The minimum absolute atomic E-state index is 0.00730. The molecule has 0 saturated carbocycles. The summed E-state index contributed by atoms with van der Waals surface area (Å²) < 4.78 is 0. The molecule has 1 aromatic rings. The van der Waals surface area contributed by atoms with Crippen LogP contribution in [0.4, 0.5) is 11.4 Å². The Morgan fingerprint density at radius 2 is 2.16 bits per heavy atom. The van der Waals surface area contributed by atoms with Gasteiger partial charge < -0.3 is 16.2 Å². The largest absolute Gasteiger partial charge is 0.480 e. The summed E-state index contributed by atoms with van der Waals surface area (Å²) in [6.45, 7) is 0. The van der Waals surface area contributed by atoms with Crippen LogP contribution in [0.1, 0.15) is 12.8 Å². The van der Waals surface area contributed by atoms with Crippen molar-refractivity contribution in [2.24, 2.45) is 5.73 Å². The molecule has 0 aliphatic heterocycles. The fraction of sp³-hybridized carbons (Fsp3) is 0.273. The maximum atomic E-state index is 11.0. The lowest BCUT2D eigenvalue weighted by Crippen LogP contribution is -2.30. The molecule has 102 valence electrons. The van der Waals surface area contributed by atoms with E-state index in [0.717, 1.165) is 0 Å². The number of carboxylic acids is 1.